The minimum atomic E-state index is -0.120. The Kier molecular flexibility index (Phi) is 6.72. The molecular weight excluding hydrogens is 338 g/mol. The third-order valence-corrected chi connectivity index (χ3v) is 4.89. The van der Waals surface area contributed by atoms with Crippen molar-refractivity contribution in [2.75, 3.05) is 26.2 Å². The van der Waals surface area contributed by atoms with Gasteiger partial charge in [0.25, 0.3) is 0 Å². The lowest BCUT2D eigenvalue weighted by Gasteiger charge is -2.32. The average molecular weight is 368 g/mol. The molecule has 5 nitrogen and oxygen atoms in total. The first-order chi connectivity index (χ1) is 11.5. The number of para-hydroxylation sites is 1. The molecule has 0 bridgehead atoms. The maximum atomic E-state index is 12.2. The number of ether oxygens (including phenoxy) is 1. The summed E-state index contributed by atoms with van der Waals surface area (Å²) in [6.07, 6.45) is 2.98. The minimum absolute atomic E-state index is 0. The van der Waals surface area contributed by atoms with Crippen molar-refractivity contribution in [3.8, 4) is 5.75 Å². The number of halogens is 1. The number of carbonyl (C=O) groups is 1. The second-order valence-corrected chi connectivity index (χ2v) is 7.60. The molecule has 6 heteroatoms. The molecule has 1 fully saturated rings. The van der Waals surface area contributed by atoms with Crippen LogP contribution >= 0.6 is 12.4 Å². The van der Waals surface area contributed by atoms with Gasteiger partial charge in [0.1, 0.15) is 11.4 Å². The molecule has 0 aliphatic carbocycles. The average Bonchev–Trinajstić information content (AvgIpc) is 2.88. The van der Waals surface area contributed by atoms with Crippen molar-refractivity contribution in [3.05, 3.63) is 29.3 Å². The number of nitrogens with two attached hydrogens (primary N) is 1. The number of benzene rings is 1. The molecule has 2 aliphatic heterocycles. The molecule has 1 aromatic carbocycles. The zero-order valence-electron chi connectivity index (χ0n) is 15.2. The van der Waals surface area contributed by atoms with Gasteiger partial charge in [-0.1, -0.05) is 18.2 Å². The largest absolute Gasteiger partial charge is 0.487 e. The molecule has 3 N–H and O–H groups in total. The molecule has 1 amide bonds. The molecule has 0 radical (unpaired) electrons. The molecule has 140 valence electrons. The van der Waals surface area contributed by atoms with E-state index in [2.05, 4.69) is 42.3 Å². The Bertz CT molecular complexity index is 606. The monoisotopic (exact) mass is 367 g/mol. The van der Waals surface area contributed by atoms with Gasteiger partial charge in [0.15, 0.2) is 0 Å². The van der Waals surface area contributed by atoms with Crippen LogP contribution in [-0.2, 0) is 17.8 Å². The molecule has 1 atom stereocenters. The summed E-state index contributed by atoms with van der Waals surface area (Å²) in [5, 5.41) is 2.92. The normalized spacial score (nSPS) is 21.8. The van der Waals surface area contributed by atoms with Crippen LogP contribution in [0.4, 0.5) is 0 Å². The van der Waals surface area contributed by atoms with Crippen molar-refractivity contribution in [2.24, 2.45) is 11.7 Å². The second-order valence-electron chi connectivity index (χ2n) is 7.60. The van der Waals surface area contributed by atoms with E-state index in [0.717, 1.165) is 44.6 Å². The molecule has 0 spiro atoms. The van der Waals surface area contributed by atoms with Gasteiger partial charge in [0.05, 0.1) is 5.92 Å². The number of rotatable bonds is 5. The van der Waals surface area contributed by atoms with Crippen molar-refractivity contribution in [1.82, 2.24) is 10.2 Å². The van der Waals surface area contributed by atoms with Crippen LogP contribution in [0, 0.1) is 5.92 Å². The van der Waals surface area contributed by atoms with Crippen LogP contribution in [0.25, 0.3) is 0 Å². The van der Waals surface area contributed by atoms with Crippen molar-refractivity contribution in [3.63, 3.8) is 0 Å². The van der Waals surface area contributed by atoms with E-state index in [1.54, 1.807) is 0 Å². The number of nitrogens with one attached hydrogen (secondary N) is 1. The van der Waals surface area contributed by atoms with E-state index in [9.17, 15) is 4.79 Å². The predicted molar refractivity (Wildman–Crippen MR) is 102 cm³/mol. The van der Waals surface area contributed by atoms with Crippen LogP contribution in [-0.4, -0.2) is 42.6 Å². The smallest absolute Gasteiger partial charge is 0.224 e. The Labute approximate surface area is 156 Å². The fraction of sp³-hybridized carbons (Fsp3) is 0.632. The summed E-state index contributed by atoms with van der Waals surface area (Å²) in [5.41, 5.74) is 7.89. The summed E-state index contributed by atoms with van der Waals surface area (Å²) in [6, 6.07) is 6.43. The molecule has 25 heavy (non-hydrogen) atoms. The highest BCUT2D eigenvalue weighted by molar-refractivity contribution is 5.85. The van der Waals surface area contributed by atoms with E-state index in [1.165, 1.54) is 11.1 Å². The maximum absolute atomic E-state index is 12.2. The van der Waals surface area contributed by atoms with Gasteiger partial charge in [-0.25, -0.2) is 0 Å². The zero-order valence-corrected chi connectivity index (χ0v) is 16.0. The van der Waals surface area contributed by atoms with E-state index in [4.69, 9.17) is 10.5 Å². The topological polar surface area (TPSA) is 67.6 Å². The second kappa shape index (κ2) is 8.39. The number of likely N-dealkylation sites (tertiary alicyclic amines) is 1. The minimum Gasteiger partial charge on any atom is -0.487 e. The van der Waals surface area contributed by atoms with Crippen LogP contribution in [0.3, 0.4) is 0 Å². The Balaban J connectivity index is 0.00000225. The lowest BCUT2D eigenvalue weighted by atomic mass is 9.96. The number of amides is 1. The molecule has 2 aliphatic rings. The first-order valence-electron chi connectivity index (χ1n) is 8.98. The lowest BCUT2D eigenvalue weighted by molar-refractivity contribution is -0.126. The molecule has 1 aromatic rings. The Morgan fingerprint density at radius 2 is 2.24 bits per heavy atom. The third-order valence-electron chi connectivity index (χ3n) is 4.89. The number of hydrogen-bond acceptors (Lipinski definition) is 4. The Morgan fingerprint density at radius 3 is 3.00 bits per heavy atom. The van der Waals surface area contributed by atoms with Gasteiger partial charge < -0.3 is 15.8 Å². The highest BCUT2D eigenvalue weighted by atomic mass is 35.5. The van der Waals surface area contributed by atoms with Crippen LogP contribution in [0.1, 0.15) is 37.8 Å². The van der Waals surface area contributed by atoms with E-state index >= 15 is 0 Å². The first-order valence-corrected chi connectivity index (χ1v) is 8.98. The quantitative estimate of drug-likeness (QED) is 0.836. The highest BCUT2D eigenvalue weighted by Crippen LogP contribution is 2.38. The molecule has 0 aromatic heterocycles. The first kappa shape index (κ1) is 20.0. The maximum Gasteiger partial charge on any atom is 0.224 e. The van der Waals surface area contributed by atoms with Crippen LogP contribution in [0.5, 0.6) is 5.75 Å². The van der Waals surface area contributed by atoms with E-state index in [-0.39, 0.29) is 29.8 Å². The van der Waals surface area contributed by atoms with E-state index < -0.39 is 0 Å². The van der Waals surface area contributed by atoms with Crippen LogP contribution < -0.4 is 15.8 Å². The standard InChI is InChI=1S/C19H29N3O2.ClH/c1-19(2)11-14-5-3-6-15(17(14)24-19)12-22-10-4-7-16(13-22)18(23)21-9-8-20;/h3,5-6,16H,4,7-13,20H2,1-2H3,(H,21,23);1H. The summed E-state index contributed by atoms with van der Waals surface area (Å²) in [4.78, 5) is 14.6. The number of fused-ring (bicyclic) bond motifs is 1. The zero-order chi connectivity index (χ0) is 17.2. The van der Waals surface area contributed by atoms with Gasteiger partial charge in [-0.2, -0.15) is 0 Å². The molecule has 3 rings (SSSR count). The molecule has 0 saturated carbocycles. The Morgan fingerprint density at radius 1 is 1.44 bits per heavy atom. The lowest BCUT2D eigenvalue weighted by Crippen LogP contribution is -2.43. The van der Waals surface area contributed by atoms with Gasteiger partial charge in [0.2, 0.25) is 5.91 Å². The van der Waals surface area contributed by atoms with Crippen molar-refractivity contribution < 1.29 is 9.53 Å². The number of piperidine rings is 1. The van der Waals surface area contributed by atoms with E-state index in [0.29, 0.717) is 13.1 Å². The fourth-order valence-electron chi connectivity index (χ4n) is 3.80. The van der Waals surface area contributed by atoms with Crippen molar-refractivity contribution in [2.45, 2.75) is 45.3 Å². The summed E-state index contributed by atoms with van der Waals surface area (Å²) in [5.74, 6) is 1.26. The van der Waals surface area contributed by atoms with Crippen molar-refractivity contribution >= 4 is 18.3 Å². The van der Waals surface area contributed by atoms with Crippen molar-refractivity contribution in [1.29, 1.82) is 0 Å². The van der Waals surface area contributed by atoms with Gasteiger partial charge in [-0.15, -0.1) is 12.4 Å². The highest BCUT2D eigenvalue weighted by Gasteiger charge is 2.32. The molecule has 1 unspecified atom stereocenters. The van der Waals surface area contributed by atoms with Crippen LogP contribution in [0.15, 0.2) is 18.2 Å². The summed E-state index contributed by atoms with van der Waals surface area (Å²) in [6.45, 7) is 8.01. The molecule has 1 saturated heterocycles. The number of carbonyl (C=O) groups excluding carboxylic acids is 1. The Hall–Kier alpha value is -1.30. The van der Waals surface area contributed by atoms with Gasteiger partial charge >= 0.3 is 0 Å². The third kappa shape index (κ3) is 4.87. The number of hydrogen-bond donors (Lipinski definition) is 2. The fourth-order valence-corrected chi connectivity index (χ4v) is 3.80. The summed E-state index contributed by atoms with van der Waals surface area (Å²) in [7, 11) is 0. The van der Waals surface area contributed by atoms with Crippen LogP contribution in [0.2, 0.25) is 0 Å². The van der Waals surface area contributed by atoms with Gasteiger partial charge in [-0.05, 0) is 38.8 Å². The van der Waals surface area contributed by atoms with Gasteiger partial charge in [-0.3, -0.25) is 9.69 Å². The SMILES string of the molecule is CC1(C)Cc2cccc(CN3CCCC(C(=O)NCCN)C3)c2O1.Cl. The van der Waals surface area contributed by atoms with E-state index in [1.807, 2.05) is 0 Å². The molecule has 2 heterocycles. The summed E-state index contributed by atoms with van der Waals surface area (Å²) < 4.78 is 6.17. The molecular formula is C19H30ClN3O2. The van der Waals surface area contributed by atoms with Gasteiger partial charge in [0, 0.05) is 38.2 Å². The number of nitrogens with zero attached hydrogens (tertiary/aromatic N) is 1. The summed E-state index contributed by atoms with van der Waals surface area (Å²) >= 11 is 0. The predicted octanol–water partition coefficient (Wildman–Crippen LogP) is 2.11.